The van der Waals surface area contributed by atoms with Crippen LogP contribution in [0.15, 0.2) is 28.7 Å². The fourth-order valence-electron chi connectivity index (χ4n) is 0.590. The normalized spacial score (nSPS) is 20.9. The van der Waals surface area contributed by atoms with E-state index < -0.39 is 14.0 Å². The van der Waals surface area contributed by atoms with Crippen LogP contribution in [0.2, 0.25) is 0 Å². The third kappa shape index (κ3) is 1.74. The first-order valence-corrected chi connectivity index (χ1v) is 3.47. The zero-order valence-corrected chi connectivity index (χ0v) is 6.72. The summed E-state index contributed by atoms with van der Waals surface area (Å²) in [6.45, 7) is -5.39. The van der Waals surface area contributed by atoms with Gasteiger partial charge < -0.3 is 4.90 Å². The molecule has 1 aromatic rings. The van der Waals surface area contributed by atoms with Gasteiger partial charge >= 0.3 is 0 Å². The highest BCUT2D eigenvalue weighted by atomic mass is 79.9. The van der Waals surface area contributed by atoms with E-state index >= 15 is 0 Å². The molecule has 0 spiro atoms. The topological polar surface area (TPSA) is 3.24 Å². The zero-order chi connectivity index (χ0) is 12.6. The molecule has 1 aromatic carbocycles. The molecule has 0 amide bonds. The van der Waals surface area contributed by atoms with E-state index in [0.29, 0.717) is 4.90 Å². The number of rotatable bonds is 1. The molecule has 0 aliphatic rings. The van der Waals surface area contributed by atoms with E-state index in [-0.39, 0.29) is 5.69 Å². The summed E-state index contributed by atoms with van der Waals surface area (Å²) >= 11 is 3.20. The van der Waals surface area contributed by atoms with Gasteiger partial charge in [0.1, 0.15) is 0 Å². The van der Waals surface area contributed by atoms with Crippen molar-refractivity contribution in [2.75, 3.05) is 18.9 Å². The summed E-state index contributed by atoms with van der Waals surface area (Å²) in [5.41, 5.74) is 0.142. The van der Waals surface area contributed by atoms with Crippen LogP contribution < -0.4 is 4.90 Å². The van der Waals surface area contributed by atoms with Gasteiger partial charge in [-0.2, -0.15) is 0 Å². The van der Waals surface area contributed by atoms with Gasteiger partial charge in [0.15, 0.2) is 0 Å². The Bertz CT molecular complexity index is 340. The predicted octanol–water partition coefficient (Wildman–Crippen LogP) is 2.52. The van der Waals surface area contributed by atoms with Crippen molar-refractivity contribution in [3.05, 3.63) is 28.7 Å². The molecule has 0 N–H and O–H groups in total. The van der Waals surface area contributed by atoms with Crippen LogP contribution in [0.3, 0.4) is 0 Å². The van der Waals surface area contributed by atoms with Crippen LogP contribution in [0, 0.1) is 0 Å². The summed E-state index contributed by atoms with van der Waals surface area (Å²) in [7, 11) is 0. The zero-order valence-electron chi connectivity index (χ0n) is 11.1. The number of benzene rings is 1. The quantitative estimate of drug-likeness (QED) is 0.682. The van der Waals surface area contributed by atoms with Crippen molar-refractivity contribution >= 4 is 21.6 Å². The monoisotopic (exact) mass is 205 g/mol. The van der Waals surface area contributed by atoms with Crippen LogP contribution in [-0.2, 0) is 0 Å². The van der Waals surface area contributed by atoms with Gasteiger partial charge in [-0.15, -0.1) is 0 Å². The van der Waals surface area contributed by atoms with E-state index in [1.807, 2.05) is 0 Å². The van der Waals surface area contributed by atoms with Gasteiger partial charge in [-0.3, -0.25) is 0 Å². The summed E-state index contributed by atoms with van der Waals surface area (Å²) in [5, 5.41) is 0. The minimum atomic E-state index is -2.70. The molecule has 2 heteroatoms. The van der Waals surface area contributed by atoms with Crippen molar-refractivity contribution in [2.45, 2.75) is 0 Å². The molecule has 0 aromatic heterocycles. The molecule has 10 heavy (non-hydrogen) atoms. The Morgan fingerprint density at radius 3 is 2.40 bits per heavy atom. The highest BCUT2D eigenvalue weighted by Crippen LogP contribution is 2.15. The van der Waals surface area contributed by atoms with Crippen molar-refractivity contribution in [3.8, 4) is 0 Å². The molecule has 0 radical (unpaired) electrons. The average Bonchev–Trinajstić information content (AvgIpc) is 2.03. The summed E-state index contributed by atoms with van der Waals surface area (Å²) < 4.78 is 44.1. The van der Waals surface area contributed by atoms with Crippen LogP contribution in [0.5, 0.6) is 0 Å². The van der Waals surface area contributed by atoms with Gasteiger partial charge in [-0.1, -0.05) is 15.9 Å². The standard InChI is InChI=1S/C8H10BrN/c1-10(2)8-5-3-7(9)4-6-8/h3-6H,1-2H3/i1D3,2D3. The molecule has 1 rings (SSSR count). The largest absolute Gasteiger partial charge is 0.378 e. The van der Waals surface area contributed by atoms with Crippen molar-refractivity contribution in [2.24, 2.45) is 0 Å². The molecule has 0 unspecified atom stereocenters. The number of hydrogen-bond donors (Lipinski definition) is 0. The lowest BCUT2D eigenvalue weighted by Crippen LogP contribution is -2.07. The fourth-order valence-corrected chi connectivity index (χ4v) is 0.854. The Labute approximate surface area is 78.2 Å². The number of halogens is 1. The summed E-state index contributed by atoms with van der Waals surface area (Å²) in [5.74, 6) is 0. The first-order valence-electron chi connectivity index (χ1n) is 5.68. The lowest BCUT2D eigenvalue weighted by molar-refractivity contribution is 1.13. The SMILES string of the molecule is [2H]C([2H])([2H])N(c1ccc(Br)cc1)C([2H])([2H])[2H]. The Kier molecular flexibility index (Phi) is 0.874. The summed E-state index contributed by atoms with van der Waals surface area (Å²) in [6, 6.07) is 6.09. The number of hydrogen-bond acceptors (Lipinski definition) is 1. The first kappa shape index (κ1) is 2.86. The van der Waals surface area contributed by atoms with Crippen molar-refractivity contribution < 1.29 is 8.22 Å². The van der Waals surface area contributed by atoms with E-state index in [1.165, 1.54) is 12.1 Å². The third-order valence-electron chi connectivity index (χ3n) is 1.08. The average molecular weight is 206 g/mol. The van der Waals surface area contributed by atoms with Crippen LogP contribution in [0.1, 0.15) is 8.22 Å². The van der Waals surface area contributed by atoms with Crippen molar-refractivity contribution in [3.63, 3.8) is 0 Å². The molecule has 0 heterocycles. The summed E-state index contributed by atoms with van der Waals surface area (Å²) in [4.78, 5) is 0.451. The maximum Gasteiger partial charge on any atom is 0.0456 e. The number of nitrogens with zero attached hydrogens (tertiary/aromatic N) is 1. The molecular weight excluding hydrogens is 190 g/mol. The molecule has 0 saturated heterocycles. The predicted molar refractivity (Wildman–Crippen MR) is 48.5 cm³/mol. The van der Waals surface area contributed by atoms with Gasteiger partial charge in [0.25, 0.3) is 0 Å². The highest BCUT2D eigenvalue weighted by Gasteiger charge is 1.91. The minimum Gasteiger partial charge on any atom is -0.378 e. The second-order valence-electron chi connectivity index (χ2n) is 1.81. The van der Waals surface area contributed by atoms with Gasteiger partial charge in [0, 0.05) is 32.3 Å². The second-order valence-corrected chi connectivity index (χ2v) is 2.73. The molecule has 0 aliphatic heterocycles. The Morgan fingerprint density at radius 2 is 1.90 bits per heavy atom. The first-order chi connectivity index (χ1) is 7.12. The van der Waals surface area contributed by atoms with Crippen LogP contribution >= 0.6 is 15.9 Å². The number of anilines is 1. The van der Waals surface area contributed by atoms with E-state index in [9.17, 15) is 0 Å². The molecule has 54 valence electrons. The molecular formula is C8H10BrN. The lowest BCUT2D eigenvalue weighted by atomic mass is 10.3. The van der Waals surface area contributed by atoms with E-state index in [4.69, 9.17) is 8.22 Å². The van der Waals surface area contributed by atoms with Crippen LogP contribution in [-0.4, -0.2) is 14.0 Å². The molecule has 0 fully saturated rings. The smallest absolute Gasteiger partial charge is 0.0456 e. The van der Waals surface area contributed by atoms with Gasteiger partial charge in [0.05, 0.1) is 0 Å². The molecule has 0 atom stereocenters. The molecule has 0 aliphatic carbocycles. The lowest BCUT2D eigenvalue weighted by Gasteiger charge is -2.11. The van der Waals surface area contributed by atoms with Crippen molar-refractivity contribution in [1.82, 2.24) is 0 Å². The fraction of sp³-hybridized carbons (Fsp3) is 0.250. The molecule has 0 saturated carbocycles. The van der Waals surface area contributed by atoms with E-state index in [2.05, 4.69) is 15.9 Å². The third-order valence-corrected chi connectivity index (χ3v) is 1.61. The Balaban J connectivity index is 3.18. The minimum absolute atomic E-state index is 0.142. The van der Waals surface area contributed by atoms with Crippen LogP contribution in [0.4, 0.5) is 5.69 Å². The molecule has 1 nitrogen and oxygen atoms in total. The van der Waals surface area contributed by atoms with E-state index in [1.54, 1.807) is 12.1 Å². The highest BCUT2D eigenvalue weighted by molar-refractivity contribution is 9.10. The van der Waals surface area contributed by atoms with Gasteiger partial charge in [0.2, 0.25) is 0 Å². The maximum absolute atomic E-state index is 7.22. The Morgan fingerprint density at radius 1 is 1.30 bits per heavy atom. The van der Waals surface area contributed by atoms with Gasteiger partial charge in [-0.05, 0) is 24.3 Å². The van der Waals surface area contributed by atoms with Crippen LogP contribution in [0.25, 0.3) is 0 Å². The second kappa shape index (κ2) is 3.06. The van der Waals surface area contributed by atoms with Gasteiger partial charge in [-0.25, -0.2) is 0 Å². The van der Waals surface area contributed by atoms with Crippen molar-refractivity contribution in [1.29, 1.82) is 0 Å². The Hall–Kier alpha value is -0.500. The maximum atomic E-state index is 7.22. The van der Waals surface area contributed by atoms with E-state index in [0.717, 1.165) is 4.47 Å². The molecule has 0 bridgehead atoms. The summed E-state index contributed by atoms with van der Waals surface area (Å²) in [6.07, 6.45) is 0.